The average molecular weight is 300 g/mol. The van der Waals surface area contributed by atoms with Crippen LogP contribution in [0.5, 0.6) is 5.75 Å². The summed E-state index contributed by atoms with van der Waals surface area (Å²) in [5.74, 6) is 0.00671. The summed E-state index contributed by atoms with van der Waals surface area (Å²) in [6, 6.07) is 5.10. The first-order valence-corrected chi connectivity index (χ1v) is 6.17. The van der Waals surface area contributed by atoms with Crippen molar-refractivity contribution in [1.29, 1.82) is 0 Å². The van der Waals surface area contributed by atoms with E-state index in [2.05, 4.69) is 16.0 Å². The molecular formula is C13H18ClN3O3. The van der Waals surface area contributed by atoms with Crippen LogP contribution < -0.4 is 20.7 Å². The zero-order valence-electron chi connectivity index (χ0n) is 11.4. The normalized spacial score (nSPS) is 16.3. The standard InChI is InChI=1S/C13H17N3O3.ClH/c1-8-12(17)16-10-5-3-4-9(11(10)19-8)13(18)15-7-6-14-2;/h3-5,8,14H,6-7H2,1-2H3,(H,15,18)(H,16,17);1H. The van der Waals surface area contributed by atoms with Gasteiger partial charge in [-0.05, 0) is 26.1 Å². The molecule has 1 aromatic carbocycles. The summed E-state index contributed by atoms with van der Waals surface area (Å²) in [4.78, 5) is 23.6. The molecule has 0 spiro atoms. The minimum Gasteiger partial charge on any atom is -0.478 e. The van der Waals surface area contributed by atoms with Gasteiger partial charge < -0.3 is 20.7 Å². The summed E-state index contributed by atoms with van der Waals surface area (Å²) in [6.07, 6.45) is -0.598. The number of amides is 2. The third kappa shape index (κ3) is 3.40. The third-order valence-corrected chi connectivity index (χ3v) is 2.84. The molecule has 0 fully saturated rings. The van der Waals surface area contributed by atoms with Crippen molar-refractivity contribution < 1.29 is 14.3 Å². The zero-order valence-corrected chi connectivity index (χ0v) is 12.2. The molecule has 1 aliphatic heterocycles. The van der Waals surface area contributed by atoms with Gasteiger partial charge in [-0.15, -0.1) is 12.4 Å². The maximum Gasteiger partial charge on any atom is 0.265 e. The van der Waals surface area contributed by atoms with Crippen molar-refractivity contribution in [3.63, 3.8) is 0 Å². The lowest BCUT2D eigenvalue weighted by Gasteiger charge is -2.25. The molecule has 0 aromatic heterocycles. The van der Waals surface area contributed by atoms with E-state index in [1.54, 1.807) is 25.1 Å². The second-order valence-electron chi connectivity index (χ2n) is 4.29. The Morgan fingerprint density at radius 2 is 2.15 bits per heavy atom. The number of anilines is 1. The van der Waals surface area contributed by atoms with Crippen LogP contribution in [0.2, 0.25) is 0 Å². The van der Waals surface area contributed by atoms with E-state index < -0.39 is 6.10 Å². The molecule has 0 saturated carbocycles. The number of ether oxygens (including phenoxy) is 1. The lowest BCUT2D eigenvalue weighted by atomic mass is 10.1. The zero-order chi connectivity index (χ0) is 13.8. The fourth-order valence-corrected chi connectivity index (χ4v) is 1.80. The Morgan fingerprint density at radius 3 is 2.85 bits per heavy atom. The molecule has 0 bridgehead atoms. The molecule has 1 aromatic rings. The van der Waals surface area contributed by atoms with E-state index in [1.807, 2.05) is 7.05 Å². The third-order valence-electron chi connectivity index (χ3n) is 2.84. The fraction of sp³-hybridized carbons (Fsp3) is 0.385. The highest BCUT2D eigenvalue weighted by Crippen LogP contribution is 2.33. The van der Waals surface area contributed by atoms with Gasteiger partial charge in [0.05, 0.1) is 11.3 Å². The number of hydrogen-bond donors (Lipinski definition) is 3. The SMILES string of the molecule is CNCCNC(=O)c1cccc2c1OC(C)C(=O)N2.Cl. The minimum absolute atomic E-state index is 0. The van der Waals surface area contributed by atoms with Crippen molar-refractivity contribution in [2.75, 3.05) is 25.5 Å². The van der Waals surface area contributed by atoms with Crippen molar-refractivity contribution >= 4 is 29.9 Å². The molecule has 2 amide bonds. The molecule has 2 rings (SSSR count). The van der Waals surface area contributed by atoms with Gasteiger partial charge in [0.25, 0.3) is 11.8 Å². The second kappa shape index (κ2) is 7.12. The first-order chi connectivity index (χ1) is 9.13. The van der Waals surface area contributed by atoms with Crippen molar-refractivity contribution in [3.8, 4) is 5.75 Å². The van der Waals surface area contributed by atoms with Gasteiger partial charge in [-0.1, -0.05) is 6.07 Å². The van der Waals surface area contributed by atoms with Gasteiger partial charge in [0.15, 0.2) is 11.9 Å². The number of rotatable bonds is 4. The number of carbonyl (C=O) groups excluding carboxylic acids is 2. The van der Waals surface area contributed by atoms with E-state index in [9.17, 15) is 9.59 Å². The van der Waals surface area contributed by atoms with E-state index in [-0.39, 0.29) is 24.2 Å². The Kier molecular flexibility index (Phi) is 5.79. The minimum atomic E-state index is -0.598. The van der Waals surface area contributed by atoms with Crippen LogP contribution in [0.15, 0.2) is 18.2 Å². The smallest absolute Gasteiger partial charge is 0.265 e. The Balaban J connectivity index is 0.00000200. The second-order valence-corrected chi connectivity index (χ2v) is 4.29. The first-order valence-electron chi connectivity index (χ1n) is 6.17. The summed E-state index contributed by atoms with van der Waals surface area (Å²) in [7, 11) is 1.82. The Labute approximate surface area is 123 Å². The molecular weight excluding hydrogens is 282 g/mol. The van der Waals surface area contributed by atoms with Gasteiger partial charge in [-0.25, -0.2) is 0 Å². The van der Waals surface area contributed by atoms with Crippen LogP contribution in [0.4, 0.5) is 5.69 Å². The van der Waals surface area contributed by atoms with Crippen LogP contribution in [0.3, 0.4) is 0 Å². The molecule has 1 heterocycles. The Bertz CT molecular complexity index is 508. The van der Waals surface area contributed by atoms with Crippen molar-refractivity contribution in [2.24, 2.45) is 0 Å². The fourth-order valence-electron chi connectivity index (χ4n) is 1.80. The van der Waals surface area contributed by atoms with Gasteiger partial charge in [-0.2, -0.15) is 0 Å². The lowest BCUT2D eigenvalue weighted by molar-refractivity contribution is -0.122. The lowest BCUT2D eigenvalue weighted by Crippen LogP contribution is -2.36. The Morgan fingerprint density at radius 1 is 1.40 bits per heavy atom. The van der Waals surface area contributed by atoms with Gasteiger partial charge in [0, 0.05) is 13.1 Å². The Hall–Kier alpha value is -1.79. The van der Waals surface area contributed by atoms with E-state index >= 15 is 0 Å². The van der Waals surface area contributed by atoms with Crippen LogP contribution in [0, 0.1) is 0 Å². The van der Waals surface area contributed by atoms with Crippen LogP contribution >= 0.6 is 12.4 Å². The largest absolute Gasteiger partial charge is 0.478 e. The first kappa shape index (κ1) is 16.3. The number of fused-ring (bicyclic) bond motifs is 1. The van der Waals surface area contributed by atoms with Crippen LogP contribution in [-0.4, -0.2) is 38.1 Å². The number of benzene rings is 1. The maximum absolute atomic E-state index is 12.0. The van der Waals surface area contributed by atoms with Crippen LogP contribution in [0.1, 0.15) is 17.3 Å². The number of para-hydroxylation sites is 1. The number of halogens is 1. The van der Waals surface area contributed by atoms with E-state index in [1.165, 1.54) is 0 Å². The van der Waals surface area contributed by atoms with Gasteiger partial charge >= 0.3 is 0 Å². The number of likely N-dealkylation sites (N-methyl/N-ethyl adjacent to an activating group) is 1. The topological polar surface area (TPSA) is 79.5 Å². The van der Waals surface area contributed by atoms with Crippen molar-refractivity contribution in [3.05, 3.63) is 23.8 Å². The van der Waals surface area contributed by atoms with Crippen molar-refractivity contribution in [2.45, 2.75) is 13.0 Å². The van der Waals surface area contributed by atoms with Crippen LogP contribution in [-0.2, 0) is 4.79 Å². The average Bonchev–Trinajstić information content (AvgIpc) is 2.39. The molecule has 6 nitrogen and oxygen atoms in total. The monoisotopic (exact) mass is 299 g/mol. The predicted molar refractivity (Wildman–Crippen MR) is 78.7 cm³/mol. The molecule has 20 heavy (non-hydrogen) atoms. The number of nitrogens with one attached hydrogen (secondary N) is 3. The van der Waals surface area contributed by atoms with Gasteiger partial charge in [0.1, 0.15) is 0 Å². The molecule has 0 saturated heterocycles. The van der Waals surface area contributed by atoms with Crippen LogP contribution in [0.25, 0.3) is 0 Å². The summed E-state index contributed by atoms with van der Waals surface area (Å²) < 4.78 is 5.51. The molecule has 1 atom stereocenters. The number of hydrogen-bond acceptors (Lipinski definition) is 4. The molecule has 7 heteroatoms. The molecule has 0 aliphatic carbocycles. The van der Waals surface area contributed by atoms with E-state index in [0.717, 1.165) is 0 Å². The molecule has 110 valence electrons. The van der Waals surface area contributed by atoms with Gasteiger partial charge in [0.2, 0.25) is 0 Å². The maximum atomic E-state index is 12.0. The highest BCUT2D eigenvalue weighted by atomic mass is 35.5. The quantitative estimate of drug-likeness (QED) is 0.718. The summed E-state index contributed by atoms with van der Waals surface area (Å²) >= 11 is 0. The van der Waals surface area contributed by atoms with E-state index in [4.69, 9.17) is 4.74 Å². The summed E-state index contributed by atoms with van der Waals surface area (Å²) in [5.41, 5.74) is 0.963. The van der Waals surface area contributed by atoms with Gasteiger partial charge in [-0.3, -0.25) is 9.59 Å². The molecule has 1 aliphatic rings. The highest BCUT2D eigenvalue weighted by Gasteiger charge is 2.27. The highest BCUT2D eigenvalue weighted by molar-refractivity contribution is 6.03. The summed E-state index contributed by atoms with van der Waals surface area (Å²) in [5, 5.41) is 8.44. The molecule has 0 radical (unpaired) electrons. The molecule has 3 N–H and O–H groups in total. The summed E-state index contributed by atoms with van der Waals surface area (Å²) in [6.45, 7) is 2.86. The molecule has 1 unspecified atom stereocenters. The predicted octanol–water partition coefficient (Wildman–Crippen LogP) is 0.777. The van der Waals surface area contributed by atoms with E-state index in [0.29, 0.717) is 30.1 Å². The van der Waals surface area contributed by atoms with Crippen molar-refractivity contribution in [1.82, 2.24) is 10.6 Å². The number of carbonyl (C=O) groups is 2.